The van der Waals surface area contributed by atoms with Gasteiger partial charge in [0.15, 0.2) is 0 Å². The highest BCUT2D eigenvalue weighted by Crippen LogP contribution is 2.37. The van der Waals surface area contributed by atoms with Gasteiger partial charge in [-0.3, -0.25) is 4.79 Å². The molecule has 0 radical (unpaired) electrons. The van der Waals surface area contributed by atoms with Gasteiger partial charge in [-0.2, -0.15) is 26.3 Å². The maximum Gasteiger partial charge on any atom is 0.433 e. The van der Waals surface area contributed by atoms with Gasteiger partial charge < -0.3 is 15.0 Å². The first-order valence-electron chi connectivity index (χ1n) is 8.62. The fourth-order valence-electron chi connectivity index (χ4n) is 3.63. The lowest BCUT2D eigenvalue weighted by Gasteiger charge is -2.36. The van der Waals surface area contributed by atoms with Crippen molar-refractivity contribution >= 4 is 11.7 Å². The van der Waals surface area contributed by atoms with E-state index in [4.69, 9.17) is 4.74 Å². The molecule has 0 unspecified atom stereocenters. The smallest absolute Gasteiger partial charge is 0.377 e. The molecule has 3 rings (SSSR count). The van der Waals surface area contributed by atoms with E-state index in [0.717, 1.165) is 12.4 Å². The third-order valence-corrected chi connectivity index (χ3v) is 4.93. The molecule has 2 aliphatic heterocycles. The fourth-order valence-corrected chi connectivity index (χ4v) is 3.63. The molecule has 1 amide bonds. The van der Waals surface area contributed by atoms with E-state index in [1.165, 1.54) is 0 Å². The van der Waals surface area contributed by atoms with Crippen LogP contribution in [0.15, 0.2) is 12.4 Å². The summed E-state index contributed by atoms with van der Waals surface area (Å²) in [6.07, 6.45) is -8.33. The minimum atomic E-state index is -4.57. The van der Waals surface area contributed by atoms with Gasteiger partial charge in [0.1, 0.15) is 24.4 Å². The first kappa shape index (κ1) is 20.6. The van der Waals surface area contributed by atoms with Gasteiger partial charge in [0.25, 0.3) is 0 Å². The summed E-state index contributed by atoms with van der Waals surface area (Å²) >= 11 is 0. The number of aromatic nitrogens is 2. The van der Waals surface area contributed by atoms with Crippen LogP contribution in [0.3, 0.4) is 0 Å². The number of fused-ring (bicyclic) bond motifs is 1. The number of carbonyl (C=O) groups excluding carboxylic acids is 1. The first-order chi connectivity index (χ1) is 13.0. The molecule has 2 aliphatic rings. The van der Waals surface area contributed by atoms with Crippen LogP contribution in [-0.4, -0.2) is 54.4 Å². The van der Waals surface area contributed by atoms with Crippen molar-refractivity contribution in [2.75, 3.05) is 31.1 Å². The molecule has 6 nitrogen and oxygen atoms in total. The van der Waals surface area contributed by atoms with Crippen LogP contribution in [0.4, 0.5) is 32.2 Å². The number of rotatable bonds is 4. The molecule has 1 aromatic heterocycles. The molecule has 12 heteroatoms. The summed E-state index contributed by atoms with van der Waals surface area (Å²) in [4.78, 5) is 20.6. The second-order valence-corrected chi connectivity index (χ2v) is 6.89. The van der Waals surface area contributed by atoms with Gasteiger partial charge in [-0.1, -0.05) is 0 Å². The average molecular weight is 412 g/mol. The Bertz CT molecular complexity index is 711. The quantitative estimate of drug-likeness (QED) is 0.770. The van der Waals surface area contributed by atoms with E-state index in [1.807, 2.05) is 5.32 Å². The van der Waals surface area contributed by atoms with Gasteiger partial charge in [-0.05, 0) is 12.3 Å². The highest BCUT2D eigenvalue weighted by molar-refractivity contribution is 5.76. The van der Waals surface area contributed by atoms with E-state index in [0.29, 0.717) is 19.5 Å². The van der Waals surface area contributed by atoms with Crippen molar-refractivity contribution in [2.45, 2.75) is 31.3 Å². The van der Waals surface area contributed by atoms with Gasteiger partial charge in [-0.25, -0.2) is 9.97 Å². The number of alkyl halides is 6. The third kappa shape index (κ3) is 5.03. The van der Waals surface area contributed by atoms with Crippen LogP contribution in [0, 0.1) is 11.8 Å². The molecule has 156 valence electrons. The topological polar surface area (TPSA) is 67.3 Å². The summed E-state index contributed by atoms with van der Waals surface area (Å²) in [6.45, 7) is -0.315. The lowest BCUT2D eigenvalue weighted by atomic mass is 9.83. The number of carbonyl (C=O) groups is 1. The largest absolute Gasteiger partial charge is 0.433 e. The predicted octanol–water partition coefficient (Wildman–Crippen LogP) is 2.41. The zero-order chi connectivity index (χ0) is 20.5. The summed E-state index contributed by atoms with van der Waals surface area (Å²) in [5, 5.41) is 1.82. The van der Waals surface area contributed by atoms with Crippen molar-refractivity contribution in [1.29, 1.82) is 0 Å². The summed E-state index contributed by atoms with van der Waals surface area (Å²) in [7, 11) is 0. The predicted molar refractivity (Wildman–Crippen MR) is 84.3 cm³/mol. The number of piperidine rings is 1. The van der Waals surface area contributed by atoms with Crippen molar-refractivity contribution in [2.24, 2.45) is 11.8 Å². The molecule has 0 saturated carbocycles. The van der Waals surface area contributed by atoms with E-state index in [-0.39, 0.29) is 30.7 Å². The average Bonchev–Trinajstić information content (AvgIpc) is 3.01. The Morgan fingerprint density at radius 2 is 2.00 bits per heavy atom. The molecular weight excluding hydrogens is 394 g/mol. The lowest BCUT2D eigenvalue weighted by Crippen LogP contribution is -2.43. The lowest BCUT2D eigenvalue weighted by molar-refractivity contribution is -0.141. The van der Waals surface area contributed by atoms with Crippen LogP contribution in [0.5, 0.6) is 0 Å². The number of ether oxygens (including phenoxy) is 1. The maximum atomic E-state index is 12.8. The number of anilines is 1. The Balaban J connectivity index is 1.57. The van der Waals surface area contributed by atoms with Gasteiger partial charge in [-0.15, -0.1) is 0 Å². The molecular formula is C16H18F6N4O2. The van der Waals surface area contributed by atoms with Crippen molar-refractivity contribution in [3.05, 3.63) is 18.1 Å². The molecule has 0 spiro atoms. The van der Waals surface area contributed by atoms with Crippen molar-refractivity contribution in [1.82, 2.24) is 15.3 Å². The van der Waals surface area contributed by atoms with Gasteiger partial charge >= 0.3 is 12.4 Å². The van der Waals surface area contributed by atoms with Crippen molar-refractivity contribution in [3.63, 3.8) is 0 Å². The van der Waals surface area contributed by atoms with Crippen LogP contribution in [0.1, 0.15) is 18.5 Å². The summed E-state index contributed by atoms with van der Waals surface area (Å²) < 4.78 is 80.6. The Hall–Kier alpha value is -2.11. The molecule has 3 heterocycles. The van der Waals surface area contributed by atoms with Crippen molar-refractivity contribution in [3.8, 4) is 0 Å². The SMILES string of the molecule is O=C(C[C@@H]1OC[C@H]2CN(c3cc(C(F)(F)F)ncn3)CC[C@H]21)NCC(F)(F)F. The number of hydrogen-bond acceptors (Lipinski definition) is 5. The minimum Gasteiger partial charge on any atom is -0.377 e. The molecule has 1 aromatic rings. The van der Waals surface area contributed by atoms with Crippen LogP contribution in [-0.2, 0) is 15.7 Å². The van der Waals surface area contributed by atoms with E-state index >= 15 is 0 Å². The molecule has 0 aromatic carbocycles. The third-order valence-electron chi connectivity index (χ3n) is 4.93. The maximum absolute atomic E-state index is 12.8. The van der Waals surface area contributed by atoms with E-state index < -0.39 is 36.6 Å². The summed E-state index contributed by atoms with van der Waals surface area (Å²) in [6, 6.07) is 0.887. The monoisotopic (exact) mass is 412 g/mol. The fraction of sp³-hybridized carbons (Fsp3) is 0.688. The number of halogens is 6. The normalized spacial score (nSPS) is 25.5. The summed E-state index contributed by atoms with van der Waals surface area (Å²) in [5.74, 6) is -0.668. The molecule has 2 fully saturated rings. The second kappa shape index (κ2) is 7.72. The highest BCUT2D eigenvalue weighted by atomic mass is 19.4. The minimum absolute atomic E-state index is 0.0431. The Kier molecular flexibility index (Phi) is 5.69. The van der Waals surface area contributed by atoms with Crippen LogP contribution in [0.2, 0.25) is 0 Å². The molecule has 0 bridgehead atoms. The molecule has 3 atom stereocenters. The van der Waals surface area contributed by atoms with Gasteiger partial charge in [0.05, 0.1) is 19.1 Å². The Labute approximate surface area is 156 Å². The van der Waals surface area contributed by atoms with E-state index in [9.17, 15) is 31.1 Å². The zero-order valence-electron chi connectivity index (χ0n) is 14.6. The second-order valence-electron chi connectivity index (χ2n) is 6.89. The van der Waals surface area contributed by atoms with Crippen LogP contribution < -0.4 is 10.2 Å². The van der Waals surface area contributed by atoms with E-state index in [1.54, 1.807) is 4.90 Å². The van der Waals surface area contributed by atoms with Crippen molar-refractivity contribution < 1.29 is 35.9 Å². The standard InChI is InChI=1S/C16H18F6N4O2/c17-15(18,19)7-23-14(27)3-11-10-1-2-26(5-9(10)6-28-11)13-4-12(16(20,21)22)24-8-25-13/h4,8-11H,1-3,5-7H2,(H,23,27)/t9-,10-,11+/m1/s1. The number of hydrogen-bond donors (Lipinski definition) is 1. The van der Waals surface area contributed by atoms with E-state index in [2.05, 4.69) is 9.97 Å². The molecule has 0 aliphatic carbocycles. The highest BCUT2D eigenvalue weighted by Gasteiger charge is 2.42. The number of nitrogens with zero attached hydrogens (tertiary/aromatic N) is 3. The molecule has 1 N–H and O–H groups in total. The first-order valence-corrected chi connectivity index (χ1v) is 8.62. The van der Waals surface area contributed by atoms with Crippen LogP contribution >= 0.6 is 0 Å². The molecule has 28 heavy (non-hydrogen) atoms. The number of amides is 1. The van der Waals surface area contributed by atoms with Gasteiger partial charge in [0.2, 0.25) is 5.91 Å². The zero-order valence-corrected chi connectivity index (χ0v) is 14.6. The molecule has 2 saturated heterocycles. The number of nitrogens with one attached hydrogen (secondary N) is 1. The Morgan fingerprint density at radius 3 is 2.68 bits per heavy atom. The van der Waals surface area contributed by atoms with Gasteiger partial charge in [0, 0.05) is 25.1 Å². The van der Waals surface area contributed by atoms with Crippen LogP contribution in [0.25, 0.3) is 0 Å². The summed E-state index contributed by atoms with van der Waals surface area (Å²) in [5.41, 5.74) is -1.03. The Morgan fingerprint density at radius 1 is 1.25 bits per heavy atom.